The number of nitrogens with zero attached hydrogens (tertiary/aromatic N) is 1. The van der Waals surface area contributed by atoms with Gasteiger partial charge in [0.2, 0.25) is 5.91 Å². The fourth-order valence-corrected chi connectivity index (χ4v) is 4.23. The van der Waals surface area contributed by atoms with Crippen LogP contribution in [0.1, 0.15) is 51.7 Å². The van der Waals surface area contributed by atoms with Crippen LogP contribution in [-0.2, 0) is 14.3 Å². The van der Waals surface area contributed by atoms with Gasteiger partial charge in [0.25, 0.3) is 0 Å². The molecule has 7 nitrogen and oxygen atoms in total. The molecule has 1 atom stereocenters. The first-order chi connectivity index (χ1) is 15.5. The third-order valence-electron chi connectivity index (χ3n) is 5.93. The van der Waals surface area contributed by atoms with E-state index in [9.17, 15) is 19.5 Å². The largest absolute Gasteiger partial charge is 0.480 e. The molecule has 0 bridgehead atoms. The van der Waals surface area contributed by atoms with Crippen molar-refractivity contribution in [2.45, 2.75) is 52.6 Å². The Kier molecular flexibility index (Phi) is 7.10. The van der Waals surface area contributed by atoms with Crippen molar-refractivity contribution in [1.82, 2.24) is 10.2 Å². The zero-order valence-corrected chi connectivity index (χ0v) is 19.8. The Labute approximate surface area is 194 Å². The molecule has 2 aromatic carbocycles. The maximum Gasteiger partial charge on any atom is 0.407 e. The number of carboxylic acid groups (broad SMARTS) is 1. The number of amides is 2. The molecule has 0 fully saturated rings. The lowest BCUT2D eigenvalue weighted by Crippen LogP contribution is -2.57. The van der Waals surface area contributed by atoms with E-state index >= 15 is 0 Å². The summed E-state index contributed by atoms with van der Waals surface area (Å²) in [6.45, 7) is 8.64. The third kappa shape index (κ3) is 5.35. The minimum atomic E-state index is -1.11. The molecule has 0 heterocycles. The van der Waals surface area contributed by atoms with Gasteiger partial charge in [-0.05, 0) is 41.5 Å². The van der Waals surface area contributed by atoms with Gasteiger partial charge in [-0.3, -0.25) is 9.59 Å². The van der Waals surface area contributed by atoms with Gasteiger partial charge in [-0.15, -0.1) is 0 Å². The second kappa shape index (κ2) is 9.65. The average Bonchev–Trinajstić information content (AvgIpc) is 3.06. The number of hydrogen-bond acceptors (Lipinski definition) is 4. The van der Waals surface area contributed by atoms with E-state index in [-0.39, 0.29) is 18.6 Å². The van der Waals surface area contributed by atoms with E-state index in [1.165, 1.54) is 4.90 Å². The normalized spacial score (nSPS) is 13.8. The quantitative estimate of drug-likeness (QED) is 0.654. The number of fused-ring (bicyclic) bond motifs is 3. The van der Waals surface area contributed by atoms with Crippen LogP contribution < -0.4 is 5.32 Å². The Hall–Kier alpha value is -3.35. The van der Waals surface area contributed by atoms with Crippen LogP contribution in [0.5, 0.6) is 0 Å². The van der Waals surface area contributed by atoms with Crippen LogP contribution in [-0.4, -0.2) is 53.2 Å². The predicted molar refractivity (Wildman–Crippen MR) is 126 cm³/mol. The van der Waals surface area contributed by atoms with E-state index in [0.29, 0.717) is 0 Å². The fraction of sp³-hybridized carbons (Fsp3) is 0.423. The van der Waals surface area contributed by atoms with Crippen LogP contribution in [0.2, 0.25) is 0 Å². The molecule has 33 heavy (non-hydrogen) atoms. The molecule has 2 amide bonds. The first-order valence-electron chi connectivity index (χ1n) is 11.1. The van der Waals surface area contributed by atoms with Gasteiger partial charge in [-0.25, -0.2) is 4.79 Å². The molecule has 0 saturated carbocycles. The van der Waals surface area contributed by atoms with E-state index < -0.39 is 36.0 Å². The number of carbonyl (C=O) groups excluding carboxylic acids is 2. The minimum Gasteiger partial charge on any atom is -0.480 e. The predicted octanol–water partition coefficient (Wildman–Crippen LogP) is 4.26. The van der Waals surface area contributed by atoms with Gasteiger partial charge in [0, 0.05) is 12.0 Å². The number of alkyl carbamates (subject to hydrolysis) is 1. The van der Waals surface area contributed by atoms with Crippen LogP contribution in [0.3, 0.4) is 0 Å². The van der Waals surface area contributed by atoms with Crippen LogP contribution >= 0.6 is 0 Å². The van der Waals surface area contributed by atoms with Gasteiger partial charge >= 0.3 is 12.1 Å². The molecule has 1 aliphatic carbocycles. The maximum atomic E-state index is 13.2. The SMILES string of the molecule is CC(C)N(CC(=O)O)C(=O)[C@@H](NC(=O)OCC1c2ccccc2-c2ccccc21)C(C)(C)C. The average molecular weight is 453 g/mol. The Bertz CT molecular complexity index is 995. The van der Waals surface area contributed by atoms with Crippen molar-refractivity contribution in [2.24, 2.45) is 5.41 Å². The highest BCUT2D eigenvalue weighted by Gasteiger charge is 2.38. The highest BCUT2D eigenvalue weighted by Crippen LogP contribution is 2.44. The van der Waals surface area contributed by atoms with Crippen molar-refractivity contribution in [1.29, 1.82) is 0 Å². The zero-order valence-electron chi connectivity index (χ0n) is 19.8. The molecule has 1 aliphatic rings. The highest BCUT2D eigenvalue weighted by atomic mass is 16.5. The van der Waals surface area contributed by atoms with E-state index in [2.05, 4.69) is 17.4 Å². The summed E-state index contributed by atoms with van der Waals surface area (Å²) in [5.41, 5.74) is 3.82. The second-order valence-electron chi connectivity index (χ2n) is 9.72. The molecule has 0 spiro atoms. The number of aliphatic carboxylic acids is 1. The topological polar surface area (TPSA) is 95.9 Å². The molecule has 0 aromatic heterocycles. The van der Waals surface area contributed by atoms with Crippen molar-refractivity contribution in [2.75, 3.05) is 13.2 Å². The van der Waals surface area contributed by atoms with Crippen molar-refractivity contribution in [3.8, 4) is 11.1 Å². The Morgan fingerprint density at radius 2 is 1.52 bits per heavy atom. The Morgan fingerprint density at radius 3 is 1.97 bits per heavy atom. The fourth-order valence-electron chi connectivity index (χ4n) is 4.23. The van der Waals surface area contributed by atoms with Crippen molar-refractivity contribution < 1.29 is 24.2 Å². The molecule has 0 saturated heterocycles. The van der Waals surface area contributed by atoms with Crippen LogP contribution in [0, 0.1) is 5.41 Å². The van der Waals surface area contributed by atoms with E-state index in [1.54, 1.807) is 13.8 Å². The van der Waals surface area contributed by atoms with Gasteiger partial charge in [0.05, 0.1) is 0 Å². The lowest BCUT2D eigenvalue weighted by molar-refractivity contribution is -0.148. The zero-order chi connectivity index (χ0) is 24.3. The molecular weight excluding hydrogens is 420 g/mol. The first kappa shape index (κ1) is 24.3. The summed E-state index contributed by atoms with van der Waals surface area (Å²) >= 11 is 0. The lowest BCUT2D eigenvalue weighted by atomic mass is 9.85. The van der Waals surface area contributed by atoms with E-state index in [1.807, 2.05) is 57.2 Å². The second-order valence-corrected chi connectivity index (χ2v) is 9.72. The van der Waals surface area contributed by atoms with Gasteiger partial charge in [-0.1, -0.05) is 69.3 Å². The van der Waals surface area contributed by atoms with Crippen molar-refractivity contribution in [3.63, 3.8) is 0 Å². The standard InChI is InChI=1S/C26H32N2O5/c1-16(2)28(14-22(29)30)24(31)23(26(3,4)5)27-25(32)33-15-21-19-12-8-6-10-17(19)18-11-7-9-13-20(18)21/h6-13,16,21,23H,14-15H2,1-5H3,(H,27,32)(H,29,30)/t23-/m1/s1. The smallest absolute Gasteiger partial charge is 0.407 e. The number of nitrogens with one attached hydrogen (secondary N) is 1. The Balaban J connectivity index is 1.74. The van der Waals surface area contributed by atoms with E-state index in [4.69, 9.17) is 4.74 Å². The summed E-state index contributed by atoms with van der Waals surface area (Å²) in [5, 5.41) is 11.9. The van der Waals surface area contributed by atoms with Gasteiger partial charge in [0.15, 0.2) is 0 Å². The molecule has 176 valence electrons. The van der Waals surface area contributed by atoms with Crippen molar-refractivity contribution >= 4 is 18.0 Å². The van der Waals surface area contributed by atoms with Crippen LogP contribution in [0.15, 0.2) is 48.5 Å². The monoisotopic (exact) mass is 452 g/mol. The molecule has 7 heteroatoms. The molecular formula is C26H32N2O5. The summed E-state index contributed by atoms with van der Waals surface area (Å²) in [6.07, 6.45) is -0.704. The van der Waals surface area contributed by atoms with Crippen molar-refractivity contribution in [3.05, 3.63) is 59.7 Å². The Morgan fingerprint density at radius 1 is 1.00 bits per heavy atom. The number of hydrogen-bond donors (Lipinski definition) is 2. The van der Waals surface area contributed by atoms with Gasteiger partial charge in [0.1, 0.15) is 19.2 Å². The molecule has 0 aliphatic heterocycles. The van der Waals surface area contributed by atoms with Gasteiger partial charge < -0.3 is 20.1 Å². The molecule has 2 aromatic rings. The molecule has 0 radical (unpaired) electrons. The number of carbonyl (C=O) groups is 3. The number of ether oxygens (including phenoxy) is 1. The molecule has 3 rings (SSSR count). The van der Waals surface area contributed by atoms with Crippen LogP contribution in [0.4, 0.5) is 4.79 Å². The summed E-state index contributed by atoms with van der Waals surface area (Å²) < 4.78 is 5.60. The summed E-state index contributed by atoms with van der Waals surface area (Å²) in [5.74, 6) is -1.65. The lowest BCUT2D eigenvalue weighted by Gasteiger charge is -2.35. The van der Waals surface area contributed by atoms with Crippen LogP contribution in [0.25, 0.3) is 11.1 Å². The number of carboxylic acids is 1. The molecule has 0 unspecified atom stereocenters. The number of rotatable bonds is 7. The van der Waals surface area contributed by atoms with E-state index in [0.717, 1.165) is 22.3 Å². The third-order valence-corrected chi connectivity index (χ3v) is 5.93. The maximum absolute atomic E-state index is 13.2. The van der Waals surface area contributed by atoms with Gasteiger partial charge in [-0.2, -0.15) is 0 Å². The first-order valence-corrected chi connectivity index (χ1v) is 11.1. The minimum absolute atomic E-state index is 0.0916. The summed E-state index contributed by atoms with van der Waals surface area (Å²) in [6, 6.07) is 14.8. The molecule has 2 N–H and O–H groups in total. The summed E-state index contributed by atoms with van der Waals surface area (Å²) in [4.78, 5) is 38.5. The number of benzene rings is 2. The highest BCUT2D eigenvalue weighted by molar-refractivity contribution is 5.89. The summed E-state index contributed by atoms with van der Waals surface area (Å²) in [7, 11) is 0.